The van der Waals surface area contributed by atoms with Crippen LogP contribution >= 0.6 is 0 Å². The first-order valence-corrected chi connectivity index (χ1v) is 8.31. The van der Waals surface area contributed by atoms with Gasteiger partial charge in [0.05, 0.1) is 0 Å². The summed E-state index contributed by atoms with van der Waals surface area (Å²) in [6, 6.07) is 5.67. The number of piperidine rings is 1. The van der Waals surface area contributed by atoms with Gasteiger partial charge in [-0.1, -0.05) is 13.0 Å². The van der Waals surface area contributed by atoms with E-state index in [9.17, 15) is 4.39 Å². The van der Waals surface area contributed by atoms with Crippen molar-refractivity contribution in [3.63, 3.8) is 0 Å². The first kappa shape index (κ1) is 16.4. The molecule has 0 radical (unpaired) electrons. The van der Waals surface area contributed by atoms with Gasteiger partial charge >= 0.3 is 0 Å². The lowest BCUT2D eigenvalue weighted by atomic mass is 9.90. The maximum absolute atomic E-state index is 13.1. The van der Waals surface area contributed by atoms with Gasteiger partial charge in [0.2, 0.25) is 0 Å². The third-order valence-electron chi connectivity index (χ3n) is 4.95. The Bertz CT molecular complexity index is 439. The van der Waals surface area contributed by atoms with E-state index in [1.165, 1.54) is 38.0 Å². The minimum absolute atomic E-state index is 0.139. The van der Waals surface area contributed by atoms with E-state index in [0.29, 0.717) is 6.04 Å². The lowest BCUT2D eigenvalue weighted by Crippen LogP contribution is -2.42. The fourth-order valence-corrected chi connectivity index (χ4v) is 3.31. The summed E-state index contributed by atoms with van der Waals surface area (Å²) >= 11 is 0. The van der Waals surface area contributed by atoms with E-state index >= 15 is 0 Å². The molecule has 0 saturated carbocycles. The molecule has 3 heteroatoms. The third kappa shape index (κ3) is 4.79. The number of hydrogen-bond acceptors (Lipinski definition) is 2. The lowest BCUT2D eigenvalue weighted by Gasteiger charge is -2.34. The highest BCUT2D eigenvalue weighted by Gasteiger charge is 2.22. The molecule has 1 unspecified atom stereocenters. The van der Waals surface area contributed by atoms with Crippen LogP contribution in [0.25, 0.3) is 0 Å². The van der Waals surface area contributed by atoms with Crippen LogP contribution in [0.4, 0.5) is 4.39 Å². The molecule has 0 bridgehead atoms. The molecule has 1 aromatic rings. The van der Waals surface area contributed by atoms with Crippen LogP contribution in [-0.2, 0) is 6.42 Å². The molecule has 2 nitrogen and oxygen atoms in total. The van der Waals surface area contributed by atoms with Crippen molar-refractivity contribution in [3.8, 4) is 0 Å². The molecule has 1 saturated heterocycles. The van der Waals surface area contributed by atoms with Crippen molar-refractivity contribution in [2.75, 3.05) is 26.2 Å². The second-order valence-corrected chi connectivity index (χ2v) is 6.34. The molecule has 2 rings (SSSR count). The number of halogens is 1. The minimum Gasteiger partial charge on any atom is -0.314 e. The second-order valence-electron chi connectivity index (χ2n) is 6.34. The Morgan fingerprint density at radius 2 is 2.05 bits per heavy atom. The average molecular weight is 292 g/mol. The van der Waals surface area contributed by atoms with Gasteiger partial charge in [-0.25, -0.2) is 4.39 Å². The van der Waals surface area contributed by atoms with Gasteiger partial charge in [-0.15, -0.1) is 0 Å². The van der Waals surface area contributed by atoms with Crippen molar-refractivity contribution >= 4 is 0 Å². The van der Waals surface area contributed by atoms with Crippen LogP contribution in [0.15, 0.2) is 18.2 Å². The van der Waals surface area contributed by atoms with Crippen molar-refractivity contribution in [2.45, 2.75) is 46.1 Å². The quantitative estimate of drug-likeness (QED) is 0.864. The van der Waals surface area contributed by atoms with Gasteiger partial charge < -0.3 is 10.2 Å². The molecule has 1 fully saturated rings. The van der Waals surface area contributed by atoms with Gasteiger partial charge in [0, 0.05) is 6.04 Å². The molecular formula is C18H29FN2. The summed E-state index contributed by atoms with van der Waals surface area (Å²) < 4.78 is 13.1. The van der Waals surface area contributed by atoms with Gasteiger partial charge in [0.15, 0.2) is 0 Å². The highest BCUT2D eigenvalue weighted by atomic mass is 19.1. The van der Waals surface area contributed by atoms with E-state index in [-0.39, 0.29) is 5.82 Å². The average Bonchev–Trinajstić information content (AvgIpc) is 2.49. The molecule has 0 aliphatic carbocycles. The molecule has 0 amide bonds. The summed E-state index contributed by atoms with van der Waals surface area (Å²) in [6.07, 6.45) is 3.58. The number of benzene rings is 1. The smallest absolute Gasteiger partial charge is 0.123 e. The highest BCUT2D eigenvalue weighted by Crippen LogP contribution is 2.20. The van der Waals surface area contributed by atoms with Crippen molar-refractivity contribution in [2.24, 2.45) is 5.92 Å². The zero-order valence-corrected chi connectivity index (χ0v) is 13.7. The number of likely N-dealkylation sites (tertiary alicyclic amines) is 1. The van der Waals surface area contributed by atoms with E-state index in [1.54, 1.807) is 12.1 Å². The van der Waals surface area contributed by atoms with Crippen LogP contribution in [0.2, 0.25) is 0 Å². The number of nitrogens with one attached hydrogen (secondary N) is 1. The molecule has 1 aliphatic heterocycles. The summed E-state index contributed by atoms with van der Waals surface area (Å²) in [7, 11) is 0. The Morgan fingerprint density at radius 3 is 2.67 bits per heavy atom. The minimum atomic E-state index is -0.139. The van der Waals surface area contributed by atoms with Crippen LogP contribution in [0.1, 0.15) is 37.8 Å². The largest absolute Gasteiger partial charge is 0.314 e. The van der Waals surface area contributed by atoms with E-state index in [1.807, 2.05) is 13.0 Å². The van der Waals surface area contributed by atoms with Crippen molar-refractivity contribution in [3.05, 3.63) is 35.1 Å². The second kappa shape index (κ2) is 7.90. The Balaban J connectivity index is 1.73. The van der Waals surface area contributed by atoms with Gasteiger partial charge in [-0.2, -0.15) is 0 Å². The third-order valence-corrected chi connectivity index (χ3v) is 4.95. The molecule has 0 spiro atoms. The summed E-state index contributed by atoms with van der Waals surface area (Å²) in [5.74, 6) is 0.655. The molecule has 1 aromatic carbocycles. The van der Waals surface area contributed by atoms with Crippen LogP contribution in [-0.4, -0.2) is 37.1 Å². The first-order chi connectivity index (χ1) is 10.1. The molecule has 21 heavy (non-hydrogen) atoms. The number of rotatable bonds is 6. The van der Waals surface area contributed by atoms with Crippen LogP contribution < -0.4 is 5.32 Å². The molecule has 0 aromatic heterocycles. The Kier molecular flexibility index (Phi) is 6.19. The summed E-state index contributed by atoms with van der Waals surface area (Å²) in [5, 5.41) is 3.66. The van der Waals surface area contributed by atoms with E-state index in [2.05, 4.69) is 24.1 Å². The number of hydrogen-bond donors (Lipinski definition) is 1. The maximum Gasteiger partial charge on any atom is 0.123 e. The normalized spacial score (nSPS) is 18.9. The SMILES string of the molecule is CCN1CCC(C(C)NCCc2ccc(F)cc2C)CC1. The molecule has 1 aliphatic rings. The van der Waals surface area contributed by atoms with E-state index < -0.39 is 0 Å². The predicted molar refractivity (Wildman–Crippen MR) is 87.1 cm³/mol. The predicted octanol–water partition coefficient (Wildman–Crippen LogP) is 3.39. The Hall–Kier alpha value is -0.930. The number of nitrogens with zero attached hydrogens (tertiary/aromatic N) is 1. The Morgan fingerprint density at radius 1 is 1.33 bits per heavy atom. The maximum atomic E-state index is 13.1. The van der Waals surface area contributed by atoms with Crippen molar-refractivity contribution < 1.29 is 4.39 Å². The first-order valence-electron chi connectivity index (χ1n) is 8.31. The molecular weight excluding hydrogens is 263 g/mol. The topological polar surface area (TPSA) is 15.3 Å². The highest BCUT2D eigenvalue weighted by molar-refractivity contribution is 5.26. The van der Waals surface area contributed by atoms with Crippen molar-refractivity contribution in [1.29, 1.82) is 0 Å². The van der Waals surface area contributed by atoms with Gasteiger partial charge in [0.25, 0.3) is 0 Å². The van der Waals surface area contributed by atoms with Crippen molar-refractivity contribution in [1.82, 2.24) is 10.2 Å². The molecule has 1 N–H and O–H groups in total. The standard InChI is InChI=1S/C18H29FN2/c1-4-21-11-8-17(9-12-21)15(3)20-10-7-16-5-6-18(19)13-14(16)2/h5-6,13,15,17,20H,4,7-12H2,1-3H3. The fraction of sp³-hybridized carbons (Fsp3) is 0.667. The van der Waals surface area contributed by atoms with Gasteiger partial charge in [-0.3, -0.25) is 0 Å². The van der Waals surface area contributed by atoms with Crippen LogP contribution in [0.5, 0.6) is 0 Å². The summed E-state index contributed by atoms with van der Waals surface area (Å²) in [5.41, 5.74) is 2.30. The molecule has 1 atom stereocenters. The van der Waals surface area contributed by atoms with Crippen LogP contribution in [0.3, 0.4) is 0 Å². The number of aryl methyl sites for hydroxylation is 1. The van der Waals surface area contributed by atoms with Gasteiger partial charge in [0.1, 0.15) is 5.82 Å². The van der Waals surface area contributed by atoms with E-state index in [0.717, 1.165) is 24.4 Å². The molecule has 118 valence electrons. The zero-order valence-electron chi connectivity index (χ0n) is 13.7. The van der Waals surface area contributed by atoms with E-state index in [4.69, 9.17) is 0 Å². The fourth-order valence-electron chi connectivity index (χ4n) is 3.31. The Labute approximate surface area is 128 Å². The zero-order chi connectivity index (χ0) is 15.2. The summed E-state index contributed by atoms with van der Waals surface area (Å²) in [4.78, 5) is 2.53. The lowest BCUT2D eigenvalue weighted by molar-refractivity contribution is 0.169. The molecule has 1 heterocycles. The summed E-state index contributed by atoms with van der Waals surface area (Å²) in [6.45, 7) is 11.2. The van der Waals surface area contributed by atoms with Crippen LogP contribution in [0, 0.1) is 18.7 Å². The monoisotopic (exact) mass is 292 g/mol. The van der Waals surface area contributed by atoms with Gasteiger partial charge in [-0.05, 0) is 88.5 Å².